The van der Waals surface area contributed by atoms with Gasteiger partial charge >= 0.3 is 0 Å². The lowest BCUT2D eigenvalue weighted by Crippen LogP contribution is -2.29. The standard InChI is InChI=1S/C24H19BrN4OS/c25-18-8-6-17(7-9-18)20-10-11-21(30-20)23-22(19-5-1-2-13-27-19)28-24(31)29(23)15-16-4-3-12-26-14-16/h1-14,22-23H,15H2,(H,28,31). The van der Waals surface area contributed by atoms with Crippen LogP contribution < -0.4 is 5.32 Å². The maximum atomic E-state index is 6.36. The van der Waals surface area contributed by atoms with Crippen molar-refractivity contribution in [3.05, 3.63) is 107 Å². The highest BCUT2D eigenvalue weighted by molar-refractivity contribution is 9.10. The van der Waals surface area contributed by atoms with Gasteiger partial charge in [0.15, 0.2) is 5.11 Å². The Balaban J connectivity index is 1.53. The Morgan fingerprint density at radius 3 is 2.61 bits per heavy atom. The first kappa shape index (κ1) is 19.9. The van der Waals surface area contributed by atoms with Crippen molar-refractivity contribution >= 4 is 33.3 Å². The molecule has 5 rings (SSSR count). The maximum Gasteiger partial charge on any atom is 0.170 e. The highest BCUT2D eigenvalue weighted by Crippen LogP contribution is 2.41. The fourth-order valence-corrected chi connectivity index (χ4v) is 4.42. The Labute approximate surface area is 194 Å². The van der Waals surface area contributed by atoms with E-state index in [1.54, 1.807) is 12.4 Å². The fraction of sp³-hybridized carbons (Fsp3) is 0.125. The third kappa shape index (κ3) is 4.11. The van der Waals surface area contributed by atoms with Gasteiger partial charge in [-0.15, -0.1) is 0 Å². The zero-order valence-corrected chi connectivity index (χ0v) is 18.9. The average molecular weight is 491 g/mol. The van der Waals surface area contributed by atoms with Crippen molar-refractivity contribution in [2.75, 3.05) is 0 Å². The van der Waals surface area contributed by atoms with Crippen LogP contribution in [0.1, 0.15) is 29.1 Å². The van der Waals surface area contributed by atoms with Crippen molar-refractivity contribution < 1.29 is 4.42 Å². The smallest absolute Gasteiger partial charge is 0.170 e. The molecular weight excluding hydrogens is 472 g/mol. The molecule has 31 heavy (non-hydrogen) atoms. The van der Waals surface area contributed by atoms with E-state index in [-0.39, 0.29) is 12.1 Å². The van der Waals surface area contributed by atoms with Crippen LogP contribution in [0.3, 0.4) is 0 Å². The number of thiocarbonyl (C=S) groups is 1. The molecule has 2 unspecified atom stereocenters. The zero-order chi connectivity index (χ0) is 21.2. The van der Waals surface area contributed by atoms with Crippen LogP contribution in [0.4, 0.5) is 0 Å². The van der Waals surface area contributed by atoms with Crippen LogP contribution >= 0.6 is 28.1 Å². The first-order valence-corrected chi connectivity index (χ1v) is 11.1. The average Bonchev–Trinajstić information content (AvgIpc) is 3.41. The summed E-state index contributed by atoms with van der Waals surface area (Å²) < 4.78 is 7.40. The molecule has 1 aliphatic rings. The van der Waals surface area contributed by atoms with E-state index >= 15 is 0 Å². The number of halogens is 1. The number of hydrogen-bond donors (Lipinski definition) is 1. The van der Waals surface area contributed by atoms with E-state index in [9.17, 15) is 0 Å². The Morgan fingerprint density at radius 1 is 1.00 bits per heavy atom. The summed E-state index contributed by atoms with van der Waals surface area (Å²) in [7, 11) is 0. The molecular formula is C24H19BrN4OS. The molecule has 0 amide bonds. The van der Waals surface area contributed by atoms with Crippen molar-refractivity contribution in [1.29, 1.82) is 0 Å². The second kappa shape index (κ2) is 8.61. The van der Waals surface area contributed by atoms with Crippen LogP contribution in [0.25, 0.3) is 11.3 Å². The molecule has 1 aromatic carbocycles. The SMILES string of the molecule is S=C1NC(c2ccccn2)C(c2ccc(-c3ccc(Br)cc3)o2)N1Cc1cccnc1. The van der Waals surface area contributed by atoms with Gasteiger partial charge in [-0.05, 0) is 60.2 Å². The Bertz CT molecular complexity index is 1180. The van der Waals surface area contributed by atoms with Gasteiger partial charge in [-0.1, -0.05) is 40.2 Å². The predicted molar refractivity (Wildman–Crippen MR) is 127 cm³/mol. The first-order chi connectivity index (χ1) is 15.2. The summed E-state index contributed by atoms with van der Waals surface area (Å²) in [5.41, 5.74) is 3.03. The van der Waals surface area contributed by atoms with Gasteiger partial charge in [0.25, 0.3) is 0 Å². The van der Waals surface area contributed by atoms with E-state index in [1.165, 1.54) is 0 Å². The van der Waals surface area contributed by atoms with Gasteiger partial charge in [0.2, 0.25) is 0 Å². The Hall–Kier alpha value is -3.03. The van der Waals surface area contributed by atoms with E-state index in [4.69, 9.17) is 16.6 Å². The summed E-state index contributed by atoms with van der Waals surface area (Å²) in [5.74, 6) is 1.66. The molecule has 3 aromatic heterocycles. The molecule has 1 fully saturated rings. The van der Waals surface area contributed by atoms with Crippen LogP contribution in [0.2, 0.25) is 0 Å². The summed E-state index contributed by atoms with van der Waals surface area (Å²) in [6.45, 7) is 0.627. The van der Waals surface area contributed by atoms with Crippen molar-refractivity contribution in [2.45, 2.75) is 18.6 Å². The van der Waals surface area contributed by atoms with Gasteiger partial charge in [-0.25, -0.2) is 0 Å². The molecule has 0 spiro atoms. The van der Waals surface area contributed by atoms with Crippen molar-refractivity contribution in [1.82, 2.24) is 20.2 Å². The van der Waals surface area contributed by atoms with E-state index in [1.807, 2.05) is 66.9 Å². The molecule has 0 aliphatic carbocycles. The van der Waals surface area contributed by atoms with E-state index < -0.39 is 0 Å². The van der Waals surface area contributed by atoms with Gasteiger partial charge in [-0.3, -0.25) is 9.97 Å². The molecule has 0 radical (unpaired) electrons. The summed E-state index contributed by atoms with van der Waals surface area (Å²) >= 11 is 9.21. The number of nitrogens with one attached hydrogen (secondary N) is 1. The number of pyridine rings is 2. The largest absolute Gasteiger partial charge is 0.459 e. The topological polar surface area (TPSA) is 54.2 Å². The first-order valence-electron chi connectivity index (χ1n) is 9.92. The Kier molecular flexibility index (Phi) is 5.53. The van der Waals surface area contributed by atoms with Gasteiger partial charge in [0.05, 0.1) is 11.7 Å². The summed E-state index contributed by atoms with van der Waals surface area (Å²) in [5, 5.41) is 4.13. The number of furan rings is 1. The van der Waals surface area contributed by atoms with Crippen LogP contribution in [0, 0.1) is 0 Å². The van der Waals surface area contributed by atoms with Crippen LogP contribution in [0.5, 0.6) is 0 Å². The van der Waals surface area contributed by atoms with Gasteiger partial charge < -0.3 is 14.6 Å². The third-order valence-corrected chi connectivity index (χ3v) is 6.20. The number of rotatable bonds is 5. The molecule has 4 aromatic rings. The molecule has 5 nitrogen and oxygen atoms in total. The van der Waals surface area contributed by atoms with Gasteiger partial charge in [-0.2, -0.15) is 0 Å². The number of aromatic nitrogens is 2. The minimum atomic E-state index is -0.133. The molecule has 1 saturated heterocycles. The minimum Gasteiger partial charge on any atom is -0.459 e. The Morgan fingerprint density at radius 2 is 1.87 bits per heavy atom. The van der Waals surface area contributed by atoms with Crippen molar-refractivity contribution in [3.8, 4) is 11.3 Å². The van der Waals surface area contributed by atoms with Gasteiger partial charge in [0.1, 0.15) is 17.6 Å². The second-order valence-electron chi connectivity index (χ2n) is 7.32. The molecule has 0 bridgehead atoms. The maximum absolute atomic E-state index is 6.36. The molecule has 154 valence electrons. The summed E-state index contributed by atoms with van der Waals surface area (Å²) in [4.78, 5) is 11.0. The van der Waals surface area contributed by atoms with Gasteiger partial charge in [0, 0.05) is 35.2 Å². The minimum absolute atomic E-state index is 0.116. The van der Waals surface area contributed by atoms with E-state index in [2.05, 4.69) is 42.2 Å². The number of benzene rings is 1. The monoisotopic (exact) mass is 490 g/mol. The lowest BCUT2D eigenvalue weighted by Gasteiger charge is -2.26. The van der Waals surface area contributed by atoms with Crippen LogP contribution in [0.15, 0.2) is 94.2 Å². The number of hydrogen-bond acceptors (Lipinski definition) is 4. The molecule has 1 N–H and O–H groups in total. The molecule has 0 saturated carbocycles. The van der Waals surface area contributed by atoms with Crippen LogP contribution in [-0.4, -0.2) is 20.0 Å². The highest BCUT2D eigenvalue weighted by atomic mass is 79.9. The van der Waals surface area contributed by atoms with Crippen LogP contribution in [-0.2, 0) is 6.54 Å². The zero-order valence-electron chi connectivity index (χ0n) is 16.5. The summed E-state index contributed by atoms with van der Waals surface area (Å²) in [6.07, 6.45) is 5.44. The highest BCUT2D eigenvalue weighted by Gasteiger charge is 2.41. The lowest BCUT2D eigenvalue weighted by atomic mass is 10.0. The molecule has 2 atom stereocenters. The quantitative estimate of drug-likeness (QED) is 0.363. The summed E-state index contributed by atoms with van der Waals surface area (Å²) in [6, 6.07) is 21.8. The number of nitrogens with zero attached hydrogens (tertiary/aromatic N) is 3. The fourth-order valence-electron chi connectivity index (χ4n) is 3.85. The molecule has 7 heteroatoms. The molecule has 1 aliphatic heterocycles. The molecule has 4 heterocycles. The van der Waals surface area contributed by atoms with Crippen molar-refractivity contribution in [3.63, 3.8) is 0 Å². The van der Waals surface area contributed by atoms with E-state index in [0.717, 1.165) is 32.8 Å². The predicted octanol–water partition coefficient (Wildman–Crippen LogP) is 5.67. The third-order valence-electron chi connectivity index (χ3n) is 5.32. The second-order valence-corrected chi connectivity index (χ2v) is 8.63. The van der Waals surface area contributed by atoms with Crippen molar-refractivity contribution in [2.24, 2.45) is 0 Å². The normalized spacial score (nSPS) is 18.2. The lowest BCUT2D eigenvalue weighted by molar-refractivity contribution is 0.269. The van der Waals surface area contributed by atoms with E-state index in [0.29, 0.717) is 11.7 Å².